The number of carbonyl (C=O) groups excluding carboxylic acids is 1. The van der Waals surface area contributed by atoms with E-state index in [-0.39, 0.29) is 23.5 Å². The quantitative estimate of drug-likeness (QED) is 0.882. The molecule has 1 aromatic carbocycles. The highest BCUT2D eigenvalue weighted by Crippen LogP contribution is 2.31. The average Bonchev–Trinajstić information content (AvgIpc) is 2.92. The molecule has 1 amide bonds. The molecule has 2 unspecified atom stereocenters. The van der Waals surface area contributed by atoms with Crippen molar-refractivity contribution in [3.63, 3.8) is 0 Å². The second-order valence-electron chi connectivity index (χ2n) is 5.17. The summed E-state index contributed by atoms with van der Waals surface area (Å²) in [6.07, 6.45) is 0.326. The Balaban J connectivity index is 1.63. The average molecular weight is 316 g/mol. The fraction of sp³-hybridized carbons (Fsp3) is 0.462. The van der Waals surface area contributed by atoms with Crippen molar-refractivity contribution in [3.8, 4) is 5.75 Å². The van der Waals surface area contributed by atoms with Gasteiger partial charge in [-0.3, -0.25) is 4.79 Å². The molecule has 1 N–H and O–H groups in total. The van der Waals surface area contributed by atoms with Gasteiger partial charge in [0.05, 0.1) is 11.5 Å². The number of benzene rings is 1. The Bertz CT molecular complexity index is 658. The number of rotatable bonds is 2. The van der Waals surface area contributed by atoms with Gasteiger partial charge in [-0.2, -0.15) is 0 Å². The third-order valence-corrected chi connectivity index (χ3v) is 5.57. The van der Waals surface area contributed by atoms with E-state index in [1.807, 2.05) is 0 Å². The maximum atomic E-state index is 12.1. The molecular formula is C13H14ClNO4S. The molecule has 0 aromatic heterocycles. The molecule has 2 aliphatic rings. The second kappa shape index (κ2) is 4.93. The van der Waals surface area contributed by atoms with Gasteiger partial charge < -0.3 is 10.1 Å². The van der Waals surface area contributed by atoms with Gasteiger partial charge in [0.15, 0.2) is 15.9 Å². The lowest BCUT2D eigenvalue weighted by Crippen LogP contribution is -2.43. The smallest absolute Gasteiger partial charge is 0.261 e. The van der Waals surface area contributed by atoms with Gasteiger partial charge in [0.2, 0.25) is 0 Å². The van der Waals surface area contributed by atoms with Crippen molar-refractivity contribution in [3.05, 3.63) is 28.8 Å². The third kappa shape index (κ3) is 2.76. The number of halogens is 1. The maximum Gasteiger partial charge on any atom is 0.261 e. The van der Waals surface area contributed by atoms with Crippen LogP contribution in [-0.4, -0.2) is 38.0 Å². The van der Waals surface area contributed by atoms with Crippen molar-refractivity contribution >= 4 is 27.3 Å². The van der Waals surface area contributed by atoms with E-state index in [4.69, 9.17) is 16.3 Å². The van der Waals surface area contributed by atoms with Gasteiger partial charge in [0.1, 0.15) is 5.75 Å². The first-order chi connectivity index (χ1) is 9.43. The minimum atomic E-state index is -3.00. The predicted octanol–water partition coefficient (Wildman–Crippen LogP) is 0.947. The number of nitrogens with one attached hydrogen (secondary N) is 1. The Morgan fingerprint density at radius 1 is 1.40 bits per heavy atom. The van der Waals surface area contributed by atoms with Gasteiger partial charge in [-0.05, 0) is 30.2 Å². The molecule has 0 spiro atoms. The molecule has 0 radical (unpaired) electrons. The van der Waals surface area contributed by atoms with E-state index in [2.05, 4.69) is 5.32 Å². The van der Waals surface area contributed by atoms with Gasteiger partial charge in [-0.15, -0.1) is 0 Å². The van der Waals surface area contributed by atoms with Gasteiger partial charge in [0.25, 0.3) is 5.91 Å². The summed E-state index contributed by atoms with van der Waals surface area (Å²) in [7, 11) is -3.00. The van der Waals surface area contributed by atoms with Crippen LogP contribution in [0.5, 0.6) is 5.75 Å². The molecule has 3 rings (SSSR count). The van der Waals surface area contributed by atoms with E-state index in [1.54, 1.807) is 18.2 Å². The van der Waals surface area contributed by atoms with Gasteiger partial charge in [0, 0.05) is 17.5 Å². The minimum Gasteiger partial charge on any atom is -0.480 e. The van der Waals surface area contributed by atoms with Crippen LogP contribution in [0.15, 0.2) is 18.2 Å². The molecule has 2 aliphatic heterocycles. The molecule has 0 saturated carbocycles. The molecule has 20 heavy (non-hydrogen) atoms. The summed E-state index contributed by atoms with van der Waals surface area (Å²) in [6, 6.07) is 4.93. The van der Waals surface area contributed by atoms with Crippen LogP contribution in [0.25, 0.3) is 0 Å². The van der Waals surface area contributed by atoms with Gasteiger partial charge >= 0.3 is 0 Å². The summed E-state index contributed by atoms with van der Waals surface area (Å²) >= 11 is 5.90. The number of carbonyl (C=O) groups is 1. The molecule has 0 aliphatic carbocycles. The summed E-state index contributed by atoms with van der Waals surface area (Å²) < 4.78 is 28.3. The first-order valence-electron chi connectivity index (χ1n) is 6.39. The van der Waals surface area contributed by atoms with E-state index >= 15 is 0 Å². The van der Waals surface area contributed by atoms with Crippen LogP contribution in [0.1, 0.15) is 12.0 Å². The first-order valence-corrected chi connectivity index (χ1v) is 8.59. The van der Waals surface area contributed by atoms with E-state index < -0.39 is 15.9 Å². The van der Waals surface area contributed by atoms with E-state index in [1.165, 1.54) is 0 Å². The number of ether oxygens (including phenoxy) is 1. The highest BCUT2D eigenvalue weighted by molar-refractivity contribution is 7.91. The van der Waals surface area contributed by atoms with E-state index in [9.17, 15) is 13.2 Å². The normalized spacial score (nSPS) is 26.9. The monoisotopic (exact) mass is 315 g/mol. The maximum absolute atomic E-state index is 12.1. The van der Waals surface area contributed by atoms with Crippen molar-refractivity contribution in [1.29, 1.82) is 0 Å². The van der Waals surface area contributed by atoms with Crippen molar-refractivity contribution in [2.75, 3.05) is 11.5 Å². The van der Waals surface area contributed by atoms with Crippen molar-refractivity contribution in [2.24, 2.45) is 0 Å². The predicted molar refractivity (Wildman–Crippen MR) is 74.8 cm³/mol. The lowest BCUT2D eigenvalue weighted by Gasteiger charge is -2.15. The van der Waals surface area contributed by atoms with Crippen LogP contribution in [-0.2, 0) is 21.1 Å². The van der Waals surface area contributed by atoms with Crippen molar-refractivity contribution < 1.29 is 17.9 Å². The Hall–Kier alpha value is -1.27. The molecule has 5 nitrogen and oxygen atoms in total. The zero-order chi connectivity index (χ0) is 14.3. The van der Waals surface area contributed by atoms with Crippen LogP contribution in [0.3, 0.4) is 0 Å². The SMILES string of the molecule is O=C(NC1CCS(=O)(=O)C1)C1Cc2cc(Cl)ccc2O1. The summed E-state index contributed by atoms with van der Waals surface area (Å²) in [6.45, 7) is 0. The highest BCUT2D eigenvalue weighted by Gasteiger charge is 2.34. The van der Waals surface area contributed by atoms with Crippen LogP contribution < -0.4 is 10.1 Å². The molecule has 108 valence electrons. The minimum absolute atomic E-state index is 0.0181. The zero-order valence-corrected chi connectivity index (χ0v) is 12.2. The molecular weight excluding hydrogens is 302 g/mol. The summed E-state index contributed by atoms with van der Waals surface area (Å²) in [5.41, 5.74) is 0.900. The van der Waals surface area contributed by atoms with Crippen molar-refractivity contribution in [2.45, 2.75) is 25.0 Å². The van der Waals surface area contributed by atoms with Crippen molar-refractivity contribution in [1.82, 2.24) is 5.32 Å². The Kier molecular flexibility index (Phi) is 3.38. The number of hydrogen-bond acceptors (Lipinski definition) is 4. The number of fused-ring (bicyclic) bond motifs is 1. The van der Waals surface area contributed by atoms with Crippen LogP contribution in [0.4, 0.5) is 0 Å². The van der Waals surface area contributed by atoms with Gasteiger partial charge in [-0.1, -0.05) is 11.6 Å². The summed E-state index contributed by atoms with van der Waals surface area (Å²) in [5.74, 6) is 0.553. The Morgan fingerprint density at radius 3 is 2.90 bits per heavy atom. The lowest BCUT2D eigenvalue weighted by atomic mass is 10.1. The van der Waals surface area contributed by atoms with Crippen LogP contribution in [0, 0.1) is 0 Å². The molecule has 7 heteroatoms. The number of sulfone groups is 1. The summed E-state index contributed by atoms with van der Waals surface area (Å²) in [5, 5.41) is 3.36. The molecule has 2 atom stereocenters. The van der Waals surface area contributed by atoms with Gasteiger partial charge in [-0.25, -0.2) is 8.42 Å². The molecule has 1 fully saturated rings. The molecule has 1 aromatic rings. The first kappa shape index (κ1) is 13.7. The third-order valence-electron chi connectivity index (χ3n) is 3.57. The second-order valence-corrected chi connectivity index (χ2v) is 7.84. The van der Waals surface area contributed by atoms with Crippen LogP contribution >= 0.6 is 11.6 Å². The highest BCUT2D eigenvalue weighted by atomic mass is 35.5. The fourth-order valence-corrected chi connectivity index (χ4v) is 4.43. The standard InChI is InChI=1S/C13H14ClNO4S/c14-9-1-2-11-8(5-9)6-12(19-11)13(16)15-10-3-4-20(17,18)7-10/h1-2,5,10,12H,3-4,6-7H2,(H,15,16). The molecule has 0 bridgehead atoms. The number of amides is 1. The van der Waals surface area contributed by atoms with E-state index in [0.717, 1.165) is 5.56 Å². The zero-order valence-electron chi connectivity index (χ0n) is 10.6. The van der Waals surface area contributed by atoms with E-state index in [0.29, 0.717) is 23.6 Å². The lowest BCUT2D eigenvalue weighted by molar-refractivity contribution is -0.127. The molecule has 2 heterocycles. The topological polar surface area (TPSA) is 72.5 Å². The number of hydrogen-bond donors (Lipinski definition) is 1. The largest absolute Gasteiger partial charge is 0.480 e. The van der Waals surface area contributed by atoms with Crippen LogP contribution in [0.2, 0.25) is 5.02 Å². The molecule has 1 saturated heterocycles. The Labute approximate surface area is 122 Å². The Morgan fingerprint density at radius 2 is 2.20 bits per heavy atom. The summed E-state index contributed by atoms with van der Waals surface area (Å²) in [4.78, 5) is 12.1. The fourth-order valence-electron chi connectivity index (χ4n) is 2.57.